The van der Waals surface area contributed by atoms with Crippen molar-refractivity contribution in [1.82, 2.24) is 15.4 Å². The molecule has 0 aliphatic carbocycles. The maximum absolute atomic E-state index is 12.4. The molecule has 0 bridgehead atoms. The number of fused-ring (bicyclic) bond motifs is 1. The summed E-state index contributed by atoms with van der Waals surface area (Å²) in [7, 11) is 1.52. The molecule has 0 radical (unpaired) electrons. The molecule has 8 nitrogen and oxygen atoms in total. The highest BCUT2D eigenvalue weighted by molar-refractivity contribution is 5.78. The Morgan fingerprint density at radius 1 is 1.48 bits per heavy atom. The normalized spacial score (nSPS) is 24.6. The zero-order chi connectivity index (χ0) is 16.2. The van der Waals surface area contributed by atoms with Crippen molar-refractivity contribution in [3.63, 3.8) is 0 Å². The predicted octanol–water partition coefficient (Wildman–Crippen LogP) is 0.122. The summed E-state index contributed by atoms with van der Waals surface area (Å²) in [6.45, 7) is 1.39. The van der Waals surface area contributed by atoms with Crippen LogP contribution < -0.4 is 10.1 Å². The summed E-state index contributed by atoms with van der Waals surface area (Å²) in [4.78, 5) is 25.6. The number of carbonyl (C=O) groups excluding carboxylic acids is 2. The Morgan fingerprint density at radius 2 is 2.30 bits per heavy atom. The molecule has 2 saturated heterocycles. The minimum absolute atomic E-state index is 0.00374. The Balaban J connectivity index is 1.50. The molecule has 2 fully saturated rings. The lowest BCUT2D eigenvalue weighted by Gasteiger charge is -2.30. The van der Waals surface area contributed by atoms with Gasteiger partial charge >= 0.3 is 0 Å². The summed E-state index contributed by atoms with van der Waals surface area (Å²) in [5, 5.41) is 6.66. The highest BCUT2D eigenvalue weighted by Gasteiger charge is 2.33. The van der Waals surface area contributed by atoms with Gasteiger partial charge in [-0.25, -0.2) is 0 Å². The summed E-state index contributed by atoms with van der Waals surface area (Å²) in [6.07, 6.45) is 2.32. The molecule has 2 atom stereocenters. The summed E-state index contributed by atoms with van der Waals surface area (Å²) in [6, 6.07) is 1.70. The second kappa shape index (κ2) is 6.99. The van der Waals surface area contributed by atoms with Gasteiger partial charge in [0, 0.05) is 32.0 Å². The van der Waals surface area contributed by atoms with E-state index >= 15 is 0 Å². The van der Waals surface area contributed by atoms with Gasteiger partial charge in [0.15, 0.2) is 0 Å². The molecule has 1 N–H and O–H groups in total. The van der Waals surface area contributed by atoms with E-state index in [1.54, 1.807) is 6.07 Å². The van der Waals surface area contributed by atoms with Gasteiger partial charge in [-0.3, -0.25) is 9.59 Å². The number of morpholine rings is 1. The molecule has 0 saturated carbocycles. The molecule has 2 aliphatic heterocycles. The van der Waals surface area contributed by atoms with Crippen molar-refractivity contribution in [3.05, 3.63) is 11.8 Å². The van der Waals surface area contributed by atoms with Crippen LogP contribution in [0.2, 0.25) is 0 Å². The molecule has 2 amide bonds. The molecule has 2 aliphatic rings. The van der Waals surface area contributed by atoms with Crippen LogP contribution in [-0.2, 0) is 20.7 Å². The average molecular weight is 323 g/mol. The van der Waals surface area contributed by atoms with Gasteiger partial charge < -0.3 is 24.2 Å². The van der Waals surface area contributed by atoms with Crippen molar-refractivity contribution in [2.45, 2.75) is 37.8 Å². The van der Waals surface area contributed by atoms with Crippen molar-refractivity contribution in [2.75, 3.05) is 26.8 Å². The zero-order valence-corrected chi connectivity index (χ0v) is 13.1. The second-order valence-corrected chi connectivity index (χ2v) is 5.82. The molecule has 1 aromatic rings. The van der Waals surface area contributed by atoms with Gasteiger partial charge in [0.25, 0.3) is 5.88 Å². The van der Waals surface area contributed by atoms with Gasteiger partial charge in [-0.1, -0.05) is 0 Å². The largest absolute Gasteiger partial charge is 0.479 e. The van der Waals surface area contributed by atoms with Gasteiger partial charge in [0.05, 0.1) is 19.3 Å². The summed E-state index contributed by atoms with van der Waals surface area (Å²) < 4.78 is 15.6. The lowest BCUT2D eigenvalue weighted by atomic mass is 10.0. The first-order valence-corrected chi connectivity index (χ1v) is 7.84. The first-order chi connectivity index (χ1) is 11.2. The van der Waals surface area contributed by atoms with Crippen LogP contribution in [0.15, 0.2) is 10.6 Å². The fourth-order valence-electron chi connectivity index (χ4n) is 3.02. The van der Waals surface area contributed by atoms with Crippen molar-refractivity contribution >= 4 is 11.8 Å². The Kier molecular flexibility index (Phi) is 4.80. The average Bonchev–Trinajstić information content (AvgIpc) is 2.92. The van der Waals surface area contributed by atoms with E-state index in [1.807, 2.05) is 4.90 Å². The number of methoxy groups -OCH3 is 1. The van der Waals surface area contributed by atoms with Crippen LogP contribution in [0.25, 0.3) is 0 Å². The van der Waals surface area contributed by atoms with Gasteiger partial charge in [-0.15, -0.1) is 0 Å². The minimum atomic E-state index is -0.0784. The topological polar surface area (TPSA) is 93.9 Å². The van der Waals surface area contributed by atoms with Gasteiger partial charge in [-0.05, 0) is 18.0 Å². The van der Waals surface area contributed by atoms with Crippen molar-refractivity contribution in [1.29, 1.82) is 0 Å². The first kappa shape index (κ1) is 15.8. The monoisotopic (exact) mass is 323 g/mol. The van der Waals surface area contributed by atoms with E-state index < -0.39 is 0 Å². The summed E-state index contributed by atoms with van der Waals surface area (Å²) in [5.74, 6) is 1.05. The number of hydrogen-bond acceptors (Lipinski definition) is 6. The van der Waals surface area contributed by atoms with Gasteiger partial charge in [-0.2, -0.15) is 0 Å². The quantitative estimate of drug-likeness (QED) is 0.846. The molecule has 3 rings (SSSR count). The number of nitrogens with one attached hydrogen (secondary N) is 1. The number of aromatic nitrogens is 1. The second-order valence-electron chi connectivity index (χ2n) is 5.82. The molecule has 0 aromatic carbocycles. The maximum Gasteiger partial charge on any atom is 0.254 e. The number of hydrogen-bond donors (Lipinski definition) is 1. The fraction of sp³-hybridized carbons (Fsp3) is 0.667. The molecular weight excluding hydrogens is 302 g/mol. The van der Waals surface area contributed by atoms with E-state index in [2.05, 4.69) is 10.5 Å². The standard InChI is InChI=1S/C15H21N3O5/c1-21-14-8-10(23-17-14)2-3-15(20)18-6-4-11-12(5-7-18)22-9-13(19)16-11/h8,11-12H,2-7,9H2,1H3,(H,16,19)/t11-,12-/m0/s1. The third-order valence-electron chi connectivity index (χ3n) is 4.30. The third kappa shape index (κ3) is 3.82. The van der Waals surface area contributed by atoms with E-state index in [0.29, 0.717) is 37.6 Å². The summed E-state index contributed by atoms with van der Waals surface area (Å²) in [5.41, 5.74) is 0. The number of nitrogens with zero attached hydrogens (tertiary/aromatic N) is 2. The Hall–Kier alpha value is -2.09. The molecule has 1 aromatic heterocycles. The van der Waals surface area contributed by atoms with Crippen LogP contribution in [0, 0.1) is 0 Å². The third-order valence-corrected chi connectivity index (χ3v) is 4.30. The molecule has 8 heteroatoms. The van der Waals surface area contributed by atoms with Crippen molar-refractivity contribution in [2.24, 2.45) is 0 Å². The van der Waals surface area contributed by atoms with Crippen LogP contribution in [0.5, 0.6) is 5.88 Å². The SMILES string of the molecule is COc1cc(CCC(=O)N2CC[C@@H]3NC(=O)CO[C@H]3CC2)on1. The van der Waals surface area contributed by atoms with Crippen molar-refractivity contribution < 1.29 is 23.6 Å². The molecular formula is C15H21N3O5. The number of rotatable bonds is 4. The molecule has 126 valence electrons. The van der Waals surface area contributed by atoms with Crippen LogP contribution in [-0.4, -0.2) is 60.8 Å². The van der Waals surface area contributed by atoms with E-state index in [0.717, 1.165) is 12.8 Å². The Bertz CT molecular complexity index is 573. The minimum Gasteiger partial charge on any atom is -0.479 e. The number of likely N-dealkylation sites (tertiary alicyclic amines) is 1. The lowest BCUT2D eigenvalue weighted by molar-refractivity contribution is -0.137. The number of aryl methyl sites for hydroxylation is 1. The smallest absolute Gasteiger partial charge is 0.254 e. The van der Waals surface area contributed by atoms with Gasteiger partial charge in [0.2, 0.25) is 11.8 Å². The van der Waals surface area contributed by atoms with Crippen LogP contribution >= 0.6 is 0 Å². The van der Waals surface area contributed by atoms with E-state index in [9.17, 15) is 9.59 Å². The number of carbonyl (C=O) groups is 2. The predicted molar refractivity (Wildman–Crippen MR) is 78.9 cm³/mol. The molecule has 3 heterocycles. The zero-order valence-electron chi connectivity index (χ0n) is 13.1. The van der Waals surface area contributed by atoms with Crippen molar-refractivity contribution in [3.8, 4) is 5.88 Å². The number of amides is 2. The van der Waals surface area contributed by atoms with E-state index in [-0.39, 0.29) is 30.6 Å². The number of ether oxygens (including phenoxy) is 2. The highest BCUT2D eigenvalue weighted by Crippen LogP contribution is 2.19. The highest BCUT2D eigenvalue weighted by atomic mass is 16.5. The Morgan fingerprint density at radius 3 is 3.09 bits per heavy atom. The van der Waals surface area contributed by atoms with Gasteiger partial charge in [0.1, 0.15) is 12.4 Å². The summed E-state index contributed by atoms with van der Waals surface area (Å²) >= 11 is 0. The van der Waals surface area contributed by atoms with Crippen LogP contribution in [0.4, 0.5) is 0 Å². The lowest BCUT2D eigenvalue weighted by Crippen LogP contribution is -2.51. The van der Waals surface area contributed by atoms with E-state index in [1.165, 1.54) is 7.11 Å². The van der Waals surface area contributed by atoms with E-state index in [4.69, 9.17) is 14.0 Å². The Labute approximate surface area is 134 Å². The first-order valence-electron chi connectivity index (χ1n) is 7.84. The maximum atomic E-state index is 12.4. The molecule has 23 heavy (non-hydrogen) atoms. The van der Waals surface area contributed by atoms with Crippen LogP contribution in [0.3, 0.4) is 0 Å². The molecule has 0 spiro atoms. The van der Waals surface area contributed by atoms with Crippen LogP contribution in [0.1, 0.15) is 25.0 Å². The fourth-order valence-corrected chi connectivity index (χ4v) is 3.02. The molecule has 0 unspecified atom stereocenters.